The highest BCUT2D eigenvalue weighted by molar-refractivity contribution is 6.06. The van der Waals surface area contributed by atoms with E-state index in [-0.39, 0.29) is 12.4 Å². The van der Waals surface area contributed by atoms with Gasteiger partial charge in [-0.2, -0.15) is 0 Å². The van der Waals surface area contributed by atoms with Crippen molar-refractivity contribution in [3.05, 3.63) is 65.2 Å². The van der Waals surface area contributed by atoms with Crippen molar-refractivity contribution in [2.45, 2.75) is 6.92 Å². The van der Waals surface area contributed by atoms with E-state index in [1.807, 2.05) is 37.3 Å². The molecule has 2 aromatic rings. The second-order valence-electron chi connectivity index (χ2n) is 4.97. The van der Waals surface area contributed by atoms with E-state index in [1.165, 1.54) is 0 Å². The highest BCUT2D eigenvalue weighted by Crippen LogP contribution is 2.28. The van der Waals surface area contributed by atoms with Gasteiger partial charge in [0.1, 0.15) is 6.61 Å². The number of methoxy groups -OCH3 is 1. The van der Waals surface area contributed by atoms with E-state index in [0.717, 1.165) is 11.1 Å². The molecule has 0 atom stereocenters. The molecule has 0 spiro atoms. The van der Waals surface area contributed by atoms with Crippen LogP contribution in [0, 0.1) is 19.3 Å². The van der Waals surface area contributed by atoms with Gasteiger partial charge in [-0.05, 0) is 30.7 Å². The smallest absolute Gasteiger partial charge is 0.185 e. The summed E-state index contributed by atoms with van der Waals surface area (Å²) in [5, 5.41) is 0. The number of rotatable bonds is 6. The van der Waals surface area contributed by atoms with Gasteiger partial charge in [0.25, 0.3) is 0 Å². The molecule has 0 aliphatic rings. The van der Waals surface area contributed by atoms with E-state index in [2.05, 4.69) is 5.92 Å². The van der Waals surface area contributed by atoms with Gasteiger partial charge in [0.05, 0.1) is 7.11 Å². The SMILES string of the molecule is C#CCOc1ccc(/C=C/C(=O)c2ccc(C)cc2)cc1OC. The lowest BCUT2D eigenvalue weighted by atomic mass is 10.1. The van der Waals surface area contributed by atoms with Gasteiger partial charge in [0.2, 0.25) is 0 Å². The van der Waals surface area contributed by atoms with Gasteiger partial charge in [-0.15, -0.1) is 6.42 Å². The lowest BCUT2D eigenvalue weighted by Crippen LogP contribution is -1.97. The molecule has 3 heteroatoms. The molecule has 0 bridgehead atoms. The molecule has 23 heavy (non-hydrogen) atoms. The van der Waals surface area contributed by atoms with Crippen LogP contribution in [0.2, 0.25) is 0 Å². The minimum atomic E-state index is -0.0448. The average molecular weight is 306 g/mol. The molecule has 0 aliphatic heterocycles. The number of terminal acetylenes is 1. The van der Waals surface area contributed by atoms with Crippen LogP contribution in [0.5, 0.6) is 11.5 Å². The third-order valence-electron chi connectivity index (χ3n) is 3.26. The second kappa shape index (κ2) is 7.86. The van der Waals surface area contributed by atoms with Crippen molar-refractivity contribution in [3.63, 3.8) is 0 Å². The summed E-state index contributed by atoms with van der Waals surface area (Å²) in [6.45, 7) is 2.16. The first-order valence-corrected chi connectivity index (χ1v) is 7.17. The molecule has 0 saturated carbocycles. The third-order valence-corrected chi connectivity index (χ3v) is 3.26. The summed E-state index contributed by atoms with van der Waals surface area (Å²) in [7, 11) is 1.56. The number of ketones is 1. The van der Waals surface area contributed by atoms with Gasteiger partial charge >= 0.3 is 0 Å². The Bertz CT molecular complexity index is 749. The van der Waals surface area contributed by atoms with Gasteiger partial charge in [-0.25, -0.2) is 0 Å². The quantitative estimate of drug-likeness (QED) is 0.461. The average Bonchev–Trinajstić information content (AvgIpc) is 2.58. The van der Waals surface area contributed by atoms with Crippen molar-refractivity contribution in [2.24, 2.45) is 0 Å². The fourth-order valence-electron chi connectivity index (χ4n) is 2.01. The van der Waals surface area contributed by atoms with Gasteiger partial charge in [-0.1, -0.05) is 47.9 Å². The van der Waals surface area contributed by atoms with Crippen LogP contribution in [0.15, 0.2) is 48.5 Å². The monoisotopic (exact) mass is 306 g/mol. The zero-order chi connectivity index (χ0) is 16.7. The van der Waals surface area contributed by atoms with Crippen LogP contribution in [0.1, 0.15) is 21.5 Å². The van der Waals surface area contributed by atoms with Gasteiger partial charge in [-0.3, -0.25) is 4.79 Å². The first kappa shape index (κ1) is 16.4. The molecule has 0 aromatic heterocycles. The maximum absolute atomic E-state index is 12.1. The topological polar surface area (TPSA) is 35.5 Å². The van der Waals surface area contributed by atoms with Crippen molar-refractivity contribution in [3.8, 4) is 23.8 Å². The van der Waals surface area contributed by atoms with Crippen LogP contribution in [0.25, 0.3) is 6.08 Å². The summed E-state index contributed by atoms with van der Waals surface area (Å²) >= 11 is 0. The zero-order valence-electron chi connectivity index (χ0n) is 13.2. The Balaban J connectivity index is 2.14. The Labute approximate surface area is 136 Å². The summed E-state index contributed by atoms with van der Waals surface area (Å²) in [5.74, 6) is 3.51. The van der Waals surface area contributed by atoms with Gasteiger partial charge in [0.15, 0.2) is 17.3 Å². The predicted octanol–water partition coefficient (Wildman–Crippen LogP) is 3.91. The second-order valence-corrected chi connectivity index (χ2v) is 4.97. The van der Waals surface area contributed by atoms with Crippen molar-refractivity contribution in [2.75, 3.05) is 13.7 Å². The number of carbonyl (C=O) groups is 1. The summed E-state index contributed by atoms with van der Waals surface area (Å²) < 4.78 is 10.7. The van der Waals surface area contributed by atoms with E-state index in [1.54, 1.807) is 31.4 Å². The Morgan fingerprint density at radius 1 is 1.17 bits per heavy atom. The first-order valence-electron chi connectivity index (χ1n) is 7.17. The number of benzene rings is 2. The van der Waals surface area contributed by atoms with Crippen LogP contribution >= 0.6 is 0 Å². The van der Waals surface area contributed by atoms with E-state index < -0.39 is 0 Å². The van der Waals surface area contributed by atoms with Crippen molar-refractivity contribution in [1.29, 1.82) is 0 Å². The number of hydrogen-bond acceptors (Lipinski definition) is 3. The molecule has 0 fully saturated rings. The van der Waals surface area contributed by atoms with Crippen LogP contribution < -0.4 is 9.47 Å². The van der Waals surface area contributed by atoms with Crippen LogP contribution in [0.3, 0.4) is 0 Å². The molecule has 0 amide bonds. The standard InChI is InChI=1S/C20H18O3/c1-4-13-23-19-12-8-16(14-20(19)22-3)7-11-18(21)17-9-5-15(2)6-10-17/h1,5-12,14H,13H2,2-3H3/b11-7+. The number of ether oxygens (including phenoxy) is 2. The summed E-state index contributed by atoms with van der Waals surface area (Å²) in [5.41, 5.74) is 2.63. The van der Waals surface area contributed by atoms with E-state index in [9.17, 15) is 4.79 Å². The molecule has 0 heterocycles. The fraction of sp³-hybridized carbons (Fsp3) is 0.150. The van der Waals surface area contributed by atoms with E-state index in [0.29, 0.717) is 17.1 Å². The highest BCUT2D eigenvalue weighted by atomic mass is 16.5. The first-order chi connectivity index (χ1) is 11.1. The Hall–Kier alpha value is -2.99. The molecular weight excluding hydrogens is 288 g/mol. The van der Waals surface area contributed by atoms with Crippen LogP contribution in [0.4, 0.5) is 0 Å². The number of allylic oxidation sites excluding steroid dienone is 1. The molecule has 2 rings (SSSR count). The van der Waals surface area contributed by atoms with Gasteiger partial charge < -0.3 is 9.47 Å². The Kier molecular flexibility index (Phi) is 5.60. The normalized spacial score (nSPS) is 10.3. The highest BCUT2D eigenvalue weighted by Gasteiger charge is 2.05. The largest absolute Gasteiger partial charge is 0.493 e. The molecule has 116 valence electrons. The van der Waals surface area contributed by atoms with Crippen molar-refractivity contribution >= 4 is 11.9 Å². The Morgan fingerprint density at radius 2 is 1.91 bits per heavy atom. The summed E-state index contributed by atoms with van der Waals surface area (Å²) in [4.78, 5) is 12.1. The number of carbonyl (C=O) groups excluding carboxylic acids is 1. The maximum atomic E-state index is 12.1. The summed E-state index contributed by atoms with van der Waals surface area (Å²) in [6, 6.07) is 12.9. The zero-order valence-corrected chi connectivity index (χ0v) is 13.2. The molecule has 0 aliphatic carbocycles. The minimum Gasteiger partial charge on any atom is -0.493 e. The van der Waals surface area contributed by atoms with Crippen molar-refractivity contribution in [1.82, 2.24) is 0 Å². The molecule has 3 nitrogen and oxygen atoms in total. The fourth-order valence-corrected chi connectivity index (χ4v) is 2.01. The predicted molar refractivity (Wildman–Crippen MR) is 91.9 cm³/mol. The Morgan fingerprint density at radius 3 is 2.57 bits per heavy atom. The third kappa shape index (κ3) is 4.49. The molecule has 0 saturated heterocycles. The molecule has 0 radical (unpaired) electrons. The van der Waals surface area contributed by atoms with Crippen LogP contribution in [-0.4, -0.2) is 19.5 Å². The van der Waals surface area contributed by atoms with E-state index >= 15 is 0 Å². The lowest BCUT2D eigenvalue weighted by molar-refractivity contribution is 0.104. The number of hydrogen-bond donors (Lipinski definition) is 0. The lowest BCUT2D eigenvalue weighted by Gasteiger charge is -2.09. The molecular formula is C20H18O3. The van der Waals surface area contributed by atoms with Gasteiger partial charge in [0, 0.05) is 5.56 Å². The minimum absolute atomic E-state index is 0.0448. The van der Waals surface area contributed by atoms with E-state index in [4.69, 9.17) is 15.9 Å². The maximum Gasteiger partial charge on any atom is 0.185 e. The van der Waals surface area contributed by atoms with Crippen LogP contribution in [-0.2, 0) is 0 Å². The molecule has 2 aromatic carbocycles. The van der Waals surface area contributed by atoms with Crippen molar-refractivity contribution < 1.29 is 14.3 Å². The summed E-state index contributed by atoms with van der Waals surface area (Å²) in [6.07, 6.45) is 8.47. The number of aryl methyl sites for hydroxylation is 1. The molecule has 0 N–H and O–H groups in total. The molecule has 0 unspecified atom stereocenters.